The van der Waals surface area contributed by atoms with Crippen molar-refractivity contribution < 1.29 is 19.0 Å². The molecule has 0 saturated carbocycles. The Balaban J connectivity index is 1.19. The molecule has 0 aliphatic carbocycles. The van der Waals surface area contributed by atoms with E-state index >= 15 is 0 Å². The van der Waals surface area contributed by atoms with E-state index < -0.39 is 11.6 Å². The van der Waals surface area contributed by atoms with E-state index in [1.807, 2.05) is 23.1 Å². The minimum atomic E-state index is -1.01. The summed E-state index contributed by atoms with van der Waals surface area (Å²) in [6.45, 7) is 4.69. The third kappa shape index (κ3) is 5.08. The van der Waals surface area contributed by atoms with Crippen LogP contribution in [0.25, 0.3) is 16.6 Å². The lowest BCUT2D eigenvalue weighted by Gasteiger charge is -2.57. The largest absolute Gasteiger partial charge is 0.489 e. The van der Waals surface area contributed by atoms with Gasteiger partial charge in [-0.2, -0.15) is 10.4 Å². The molecule has 0 spiro atoms. The number of aromatic nitrogens is 3. The number of carbonyl (C=O) groups excluding carboxylic acids is 1. The highest BCUT2D eigenvalue weighted by Gasteiger charge is 2.48. The number of anilines is 1. The number of benzene rings is 1. The number of ether oxygens (including phenoxy) is 1. The highest BCUT2D eigenvalue weighted by molar-refractivity contribution is 5.86. The molecule has 3 saturated heterocycles. The van der Waals surface area contributed by atoms with E-state index in [0.717, 1.165) is 23.4 Å². The standard InChI is InChI=1S/C30H30FN7O3/c1-30(2,40)17-41-24-10-25(28-20(11-32)13-35-37(28)16-24)19-5-8-26(34-12-19)36-14-22-9-23(15-36)38(22)29(39)27(33)18-3-6-21(31)7-4-18/h3-8,10,12-13,16,22-23,27,40H,9,14-15,17,33H2,1-2H3/t22?,23?,27-/m1/s1. The van der Waals surface area contributed by atoms with Gasteiger partial charge in [-0.05, 0) is 56.2 Å². The average Bonchev–Trinajstić information content (AvgIpc) is 3.38. The first kappa shape index (κ1) is 26.7. The van der Waals surface area contributed by atoms with Crippen molar-refractivity contribution in [2.24, 2.45) is 5.73 Å². The molecular formula is C30H30FN7O3. The molecule has 10 nitrogen and oxygen atoms in total. The number of nitriles is 1. The first-order valence-electron chi connectivity index (χ1n) is 13.4. The van der Waals surface area contributed by atoms with Gasteiger partial charge < -0.3 is 25.4 Å². The van der Waals surface area contributed by atoms with Gasteiger partial charge in [-0.15, -0.1) is 0 Å². The van der Waals surface area contributed by atoms with E-state index in [-0.39, 0.29) is 30.4 Å². The monoisotopic (exact) mass is 555 g/mol. The van der Waals surface area contributed by atoms with Gasteiger partial charge in [0.05, 0.1) is 41.2 Å². The van der Waals surface area contributed by atoms with Crippen molar-refractivity contribution in [2.45, 2.75) is 44.0 Å². The van der Waals surface area contributed by atoms with E-state index in [1.54, 1.807) is 42.9 Å². The number of nitrogens with two attached hydrogens (primary N) is 1. The van der Waals surface area contributed by atoms with Crippen LogP contribution < -0.4 is 15.4 Å². The molecule has 41 heavy (non-hydrogen) atoms. The van der Waals surface area contributed by atoms with Gasteiger partial charge in [0.2, 0.25) is 5.91 Å². The maximum Gasteiger partial charge on any atom is 0.244 e. The van der Waals surface area contributed by atoms with Crippen LogP contribution in [0.4, 0.5) is 10.2 Å². The Morgan fingerprint density at radius 2 is 1.95 bits per heavy atom. The number of hydrogen-bond acceptors (Lipinski definition) is 8. The lowest BCUT2D eigenvalue weighted by Crippen LogP contribution is -2.71. The molecule has 210 valence electrons. The second kappa shape index (κ2) is 10.1. The van der Waals surface area contributed by atoms with Crippen molar-refractivity contribution in [2.75, 3.05) is 24.6 Å². The number of aliphatic hydroxyl groups is 1. The van der Waals surface area contributed by atoms with Crippen LogP contribution >= 0.6 is 0 Å². The van der Waals surface area contributed by atoms with Crippen LogP contribution in [0.1, 0.15) is 37.4 Å². The molecule has 2 unspecified atom stereocenters. The fourth-order valence-electron chi connectivity index (χ4n) is 5.60. The number of pyridine rings is 2. The van der Waals surface area contributed by atoms with Crippen LogP contribution in [-0.2, 0) is 4.79 Å². The van der Waals surface area contributed by atoms with Crippen molar-refractivity contribution in [3.63, 3.8) is 0 Å². The van der Waals surface area contributed by atoms with Crippen molar-refractivity contribution in [3.05, 3.63) is 78.0 Å². The van der Waals surface area contributed by atoms with Gasteiger partial charge >= 0.3 is 0 Å². The highest BCUT2D eigenvalue weighted by atomic mass is 19.1. The summed E-state index contributed by atoms with van der Waals surface area (Å²) >= 11 is 0. The maximum atomic E-state index is 13.3. The van der Waals surface area contributed by atoms with E-state index in [0.29, 0.717) is 35.5 Å². The van der Waals surface area contributed by atoms with Gasteiger partial charge in [-0.25, -0.2) is 13.9 Å². The van der Waals surface area contributed by atoms with Gasteiger partial charge in [0.1, 0.15) is 36.1 Å². The number of piperidine rings is 1. The number of amides is 1. The fraction of sp³-hybridized carbons (Fsp3) is 0.333. The normalized spacial score (nSPS) is 19.0. The molecule has 0 radical (unpaired) electrons. The Morgan fingerprint density at radius 3 is 2.59 bits per heavy atom. The molecular weight excluding hydrogens is 525 g/mol. The Morgan fingerprint density at radius 1 is 1.22 bits per heavy atom. The van der Waals surface area contributed by atoms with Crippen LogP contribution in [-0.4, -0.2) is 67.9 Å². The van der Waals surface area contributed by atoms with Gasteiger partial charge in [-0.3, -0.25) is 4.79 Å². The molecule has 3 aliphatic heterocycles. The first-order chi connectivity index (χ1) is 19.6. The summed E-state index contributed by atoms with van der Waals surface area (Å²) in [6.07, 6.45) is 5.86. The summed E-state index contributed by atoms with van der Waals surface area (Å²) in [7, 11) is 0. The molecule has 11 heteroatoms. The number of fused-ring (bicyclic) bond motifs is 3. The molecule has 3 aliphatic rings. The molecule has 1 amide bonds. The molecule has 3 N–H and O–H groups in total. The zero-order valence-corrected chi connectivity index (χ0v) is 22.7. The average molecular weight is 556 g/mol. The van der Waals surface area contributed by atoms with Crippen LogP contribution in [0.2, 0.25) is 0 Å². The van der Waals surface area contributed by atoms with Crippen LogP contribution in [0.5, 0.6) is 5.75 Å². The Labute approximate surface area is 236 Å². The molecule has 4 aromatic rings. The number of nitrogens with zero attached hydrogens (tertiary/aromatic N) is 6. The Bertz CT molecular complexity index is 1630. The molecule has 3 aromatic heterocycles. The molecule has 3 atom stereocenters. The SMILES string of the molecule is CC(C)(O)COc1cc(-c2ccc(N3CC4CC(C3)N4C(=O)[C@H](N)c3ccc(F)cc3)nc2)c2c(C#N)cnn2c1. The predicted octanol–water partition coefficient (Wildman–Crippen LogP) is 3.05. The zero-order valence-electron chi connectivity index (χ0n) is 22.7. The van der Waals surface area contributed by atoms with Crippen LogP contribution in [0, 0.1) is 17.1 Å². The summed E-state index contributed by atoms with van der Waals surface area (Å²) in [5, 5.41) is 24.0. The number of piperazine rings is 1. The summed E-state index contributed by atoms with van der Waals surface area (Å²) < 4.78 is 20.7. The topological polar surface area (TPSA) is 133 Å². The van der Waals surface area contributed by atoms with Crippen LogP contribution in [0.15, 0.2) is 61.1 Å². The summed E-state index contributed by atoms with van der Waals surface area (Å²) in [4.78, 5) is 21.9. The number of halogens is 1. The van der Waals surface area contributed by atoms with Crippen molar-refractivity contribution in [1.82, 2.24) is 19.5 Å². The minimum Gasteiger partial charge on any atom is -0.489 e. The van der Waals surface area contributed by atoms with E-state index in [4.69, 9.17) is 15.5 Å². The second-order valence-corrected chi connectivity index (χ2v) is 11.3. The molecule has 6 heterocycles. The predicted molar refractivity (Wildman–Crippen MR) is 150 cm³/mol. The highest BCUT2D eigenvalue weighted by Crippen LogP contribution is 2.37. The number of rotatable bonds is 7. The van der Waals surface area contributed by atoms with Gasteiger partial charge in [-0.1, -0.05) is 12.1 Å². The minimum absolute atomic E-state index is 0.0310. The summed E-state index contributed by atoms with van der Waals surface area (Å²) in [5.41, 5.74) is 8.41. The van der Waals surface area contributed by atoms with Gasteiger partial charge in [0, 0.05) is 30.4 Å². The number of carbonyl (C=O) groups is 1. The fourth-order valence-corrected chi connectivity index (χ4v) is 5.60. The number of hydrogen-bond donors (Lipinski definition) is 2. The molecule has 1 aromatic carbocycles. The lowest BCUT2D eigenvalue weighted by atomic mass is 9.86. The summed E-state index contributed by atoms with van der Waals surface area (Å²) in [6, 6.07) is 12.9. The summed E-state index contributed by atoms with van der Waals surface area (Å²) in [5.74, 6) is 0.782. The van der Waals surface area contributed by atoms with E-state index in [1.165, 1.54) is 18.3 Å². The second-order valence-electron chi connectivity index (χ2n) is 11.3. The van der Waals surface area contributed by atoms with Crippen molar-refractivity contribution in [3.8, 4) is 22.9 Å². The quantitative estimate of drug-likeness (QED) is 0.356. The molecule has 3 fully saturated rings. The Hall–Kier alpha value is -4.53. The third-order valence-corrected chi connectivity index (χ3v) is 7.62. The van der Waals surface area contributed by atoms with Gasteiger partial charge in [0.25, 0.3) is 0 Å². The first-order valence-corrected chi connectivity index (χ1v) is 13.4. The zero-order chi connectivity index (χ0) is 28.9. The van der Waals surface area contributed by atoms with Crippen molar-refractivity contribution in [1.29, 1.82) is 5.26 Å². The molecule has 2 bridgehead atoms. The van der Waals surface area contributed by atoms with E-state index in [9.17, 15) is 19.6 Å². The van der Waals surface area contributed by atoms with E-state index in [2.05, 4.69) is 16.1 Å². The van der Waals surface area contributed by atoms with Crippen molar-refractivity contribution >= 4 is 17.2 Å². The smallest absolute Gasteiger partial charge is 0.244 e. The lowest BCUT2D eigenvalue weighted by molar-refractivity contribution is -0.147. The van der Waals surface area contributed by atoms with Gasteiger partial charge in [0.15, 0.2) is 0 Å². The Kier molecular flexibility index (Phi) is 6.60. The maximum absolute atomic E-state index is 13.3. The molecule has 7 rings (SSSR count). The van der Waals surface area contributed by atoms with Crippen LogP contribution in [0.3, 0.4) is 0 Å². The third-order valence-electron chi connectivity index (χ3n) is 7.62.